The lowest BCUT2D eigenvalue weighted by Crippen LogP contribution is -2.41. The number of hydrogen-bond acceptors (Lipinski definition) is 4. The molecule has 5 nitrogen and oxygen atoms in total. The minimum Gasteiger partial charge on any atom is -0.466 e. The van der Waals surface area contributed by atoms with Gasteiger partial charge in [0, 0.05) is 18.8 Å². The minimum absolute atomic E-state index is 0.0341. The van der Waals surface area contributed by atoms with Gasteiger partial charge in [-0.05, 0) is 43.5 Å². The lowest BCUT2D eigenvalue weighted by molar-refractivity contribution is -0.151. The predicted molar refractivity (Wildman–Crippen MR) is 116 cm³/mol. The molecular weight excluding hydrogens is 411 g/mol. The highest BCUT2D eigenvalue weighted by Gasteiger charge is 2.28. The van der Waals surface area contributed by atoms with Gasteiger partial charge in [-0.3, -0.25) is 9.59 Å². The van der Waals surface area contributed by atoms with Gasteiger partial charge < -0.3 is 15.0 Å². The van der Waals surface area contributed by atoms with Crippen LogP contribution in [-0.2, 0) is 20.7 Å². The Morgan fingerprint density at radius 1 is 1.07 bits per heavy atom. The normalized spacial score (nSPS) is 14.5. The third-order valence-corrected chi connectivity index (χ3v) is 5.68. The smallest absolute Gasteiger partial charge is 0.309 e. The molecule has 1 aliphatic rings. The van der Waals surface area contributed by atoms with Crippen molar-refractivity contribution < 1.29 is 14.3 Å². The molecule has 1 aliphatic heterocycles. The molecule has 0 atom stereocenters. The Hall–Kier alpha value is -2.24. The number of likely N-dealkylation sites (tertiary alicyclic amines) is 1. The van der Waals surface area contributed by atoms with Gasteiger partial charge >= 0.3 is 5.97 Å². The van der Waals surface area contributed by atoms with Gasteiger partial charge in [-0.1, -0.05) is 47.5 Å². The van der Waals surface area contributed by atoms with Crippen LogP contribution in [0.15, 0.2) is 42.5 Å². The quantitative estimate of drug-likeness (QED) is 0.643. The van der Waals surface area contributed by atoms with E-state index in [-0.39, 0.29) is 24.2 Å². The van der Waals surface area contributed by atoms with Crippen molar-refractivity contribution in [2.75, 3.05) is 25.0 Å². The lowest BCUT2D eigenvalue weighted by Gasteiger charge is -2.31. The molecule has 2 aromatic carbocycles. The molecule has 154 valence electrons. The Bertz CT molecular complexity index is 860. The number of nitrogens with zero attached hydrogens (tertiary/aromatic N) is 1. The molecule has 2 aromatic rings. The Morgan fingerprint density at radius 2 is 1.72 bits per heavy atom. The topological polar surface area (TPSA) is 58.6 Å². The molecule has 0 bridgehead atoms. The Kier molecular flexibility index (Phi) is 7.40. The Labute approximate surface area is 180 Å². The van der Waals surface area contributed by atoms with Crippen molar-refractivity contribution in [3.8, 4) is 0 Å². The number of halogens is 2. The van der Waals surface area contributed by atoms with Gasteiger partial charge in [0.2, 0.25) is 5.91 Å². The summed E-state index contributed by atoms with van der Waals surface area (Å²) in [6.07, 6.45) is 1.54. The van der Waals surface area contributed by atoms with E-state index in [0.717, 1.165) is 11.3 Å². The first kappa shape index (κ1) is 21.5. The number of piperidine rings is 1. The van der Waals surface area contributed by atoms with Gasteiger partial charge in [-0.15, -0.1) is 0 Å². The number of anilines is 2. The van der Waals surface area contributed by atoms with Crippen molar-refractivity contribution in [1.29, 1.82) is 0 Å². The fraction of sp³-hybridized carbons (Fsp3) is 0.364. The zero-order chi connectivity index (χ0) is 20.8. The summed E-state index contributed by atoms with van der Waals surface area (Å²) in [7, 11) is 0. The van der Waals surface area contributed by atoms with Gasteiger partial charge in [0.15, 0.2) is 0 Å². The number of benzene rings is 2. The summed E-state index contributed by atoms with van der Waals surface area (Å²) in [4.78, 5) is 26.5. The third kappa shape index (κ3) is 5.43. The third-order valence-electron chi connectivity index (χ3n) is 5.05. The number of para-hydroxylation sites is 2. The number of nitrogens with one attached hydrogen (secondary N) is 1. The minimum atomic E-state index is -0.161. The van der Waals surface area contributed by atoms with Crippen molar-refractivity contribution in [2.45, 2.75) is 26.2 Å². The predicted octanol–water partition coefficient (Wildman–Crippen LogP) is 5.08. The van der Waals surface area contributed by atoms with Gasteiger partial charge in [-0.25, -0.2) is 0 Å². The second-order valence-corrected chi connectivity index (χ2v) is 7.78. The molecule has 7 heteroatoms. The average Bonchev–Trinajstić information content (AvgIpc) is 2.72. The summed E-state index contributed by atoms with van der Waals surface area (Å²) in [5, 5.41) is 4.28. The number of carbonyl (C=O) groups is 2. The van der Waals surface area contributed by atoms with E-state index < -0.39 is 0 Å². The van der Waals surface area contributed by atoms with Gasteiger partial charge in [0.1, 0.15) is 0 Å². The zero-order valence-electron chi connectivity index (χ0n) is 16.3. The summed E-state index contributed by atoms with van der Waals surface area (Å²) in [5.41, 5.74) is 2.27. The Balaban J connectivity index is 1.65. The molecule has 1 heterocycles. The second-order valence-electron chi connectivity index (χ2n) is 6.96. The van der Waals surface area contributed by atoms with Crippen LogP contribution in [0.25, 0.3) is 0 Å². The molecule has 0 aliphatic carbocycles. The maximum atomic E-state index is 12.8. The average molecular weight is 435 g/mol. The van der Waals surface area contributed by atoms with Crippen molar-refractivity contribution in [3.05, 3.63) is 58.1 Å². The molecular formula is C22H24Cl2N2O3. The number of rotatable bonds is 6. The summed E-state index contributed by atoms with van der Waals surface area (Å²) in [5.74, 6) is -0.243. The molecule has 1 N–H and O–H groups in total. The van der Waals surface area contributed by atoms with E-state index in [9.17, 15) is 9.59 Å². The van der Waals surface area contributed by atoms with Crippen LogP contribution in [0.1, 0.15) is 25.3 Å². The van der Waals surface area contributed by atoms with Gasteiger partial charge in [0.05, 0.1) is 34.7 Å². The fourth-order valence-corrected chi connectivity index (χ4v) is 3.94. The van der Waals surface area contributed by atoms with Crippen molar-refractivity contribution in [1.82, 2.24) is 4.90 Å². The highest BCUT2D eigenvalue weighted by molar-refractivity contribution is 6.39. The fourth-order valence-electron chi connectivity index (χ4n) is 3.45. The molecule has 3 rings (SSSR count). The lowest BCUT2D eigenvalue weighted by atomic mass is 9.96. The number of carbonyl (C=O) groups excluding carboxylic acids is 2. The molecule has 0 unspecified atom stereocenters. The summed E-state index contributed by atoms with van der Waals surface area (Å²) in [6, 6.07) is 12.9. The van der Waals surface area contributed by atoms with Crippen LogP contribution in [0.2, 0.25) is 10.0 Å². The number of hydrogen-bond donors (Lipinski definition) is 1. The maximum absolute atomic E-state index is 12.8. The van der Waals surface area contributed by atoms with Crippen LogP contribution < -0.4 is 5.32 Å². The number of amides is 1. The monoisotopic (exact) mass is 434 g/mol. The van der Waals surface area contributed by atoms with Crippen molar-refractivity contribution in [2.24, 2.45) is 5.92 Å². The standard InChI is InChI=1S/C22H24Cl2N2O3/c1-2-29-22(28)15-10-12-26(13-11-15)20(27)14-16-6-3-4-9-19(16)25-21-17(23)7-5-8-18(21)24/h3-9,15,25H,2,10-14H2,1H3. The van der Waals surface area contributed by atoms with E-state index in [4.69, 9.17) is 27.9 Å². The molecule has 0 aromatic heterocycles. The van der Waals surface area contributed by atoms with Crippen LogP contribution in [-0.4, -0.2) is 36.5 Å². The van der Waals surface area contributed by atoms with Crippen molar-refractivity contribution in [3.63, 3.8) is 0 Å². The molecule has 1 amide bonds. The van der Waals surface area contributed by atoms with Crippen LogP contribution in [0.4, 0.5) is 11.4 Å². The first-order valence-electron chi connectivity index (χ1n) is 9.73. The summed E-state index contributed by atoms with van der Waals surface area (Å²) < 4.78 is 5.09. The van der Waals surface area contributed by atoms with E-state index in [1.807, 2.05) is 29.2 Å². The molecule has 1 saturated heterocycles. The molecule has 0 spiro atoms. The summed E-state index contributed by atoms with van der Waals surface area (Å²) >= 11 is 12.5. The van der Waals surface area contributed by atoms with Crippen molar-refractivity contribution >= 4 is 46.5 Å². The van der Waals surface area contributed by atoms with E-state index in [1.54, 1.807) is 25.1 Å². The highest BCUT2D eigenvalue weighted by Crippen LogP contribution is 2.33. The Morgan fingerprint density at radius 3 is 2.38 bits per heavy atom. The van der Waals surface area contributed by atoms with Crippen LogP contribution in [0.5, 0.6) is 0 Å². The van der Waals surface area contributed by atoms with E-state index >= 15 is 0 Å². The first-order chi connectivity index (χ1) is 14.0. The SMILES string of the molecule is CCOC(=O)C1CCN(C(=O)Cc2ccccc2Nc2c(Cl)cccc2Cl)CC1. The van der Waals surface area contributed by atoms with Gasteiger partial charge in [-0.2, -0.15) is 0 Å². The highest BCUT2D eigenvalue weighted by atomic mass is 35.5. The van der Waals surface area contributed by atoms with Crippen LogP contribution in [0.3, 0.4) is 0 Å². The number of esters is 1. The van der Waals surface area contributed by atoms with Gasteiger partial charge in [0.25, 0.3) is 0 Å². The van der Waals surface area contributed by atoms with E-state index in [0.29, 0.717) is 48.3 Å². The largest absolute Gasteiger partial charge is 0.466 e. The summed E-state index contributed by atoms with van der Waals surface area (Å²) in [6.45, 7) is 3.32. The first-order valence-corrected chi connectivity index (χ1v) is 10.5. The number of ether oxygens (including phenoxy) is 1. The zero-order valence-corrected chi connectivity index (χ0v) is 17.8. The molecule has 1 fully saturated rings. The van der Waals surface area contributed by atoms with Crippen LogP contribution >= 0.6 is 23.2 Å². The molecule has 0 radical (unpaired) electrons. The second kappa shape index (κ2) is 9.99. The molecule has 0 saturated carbocycles. The maximum Gasteiger partial charge on any atom is 0.309 e. The van der Waals surface area contributed by atoms with E-state index in [2.05, 4.69) is 5.32 Å². The van der Waals surface area contributed by atoms with E-state index in [1.165, 1.54) is 0 Å². The van der Waals surface area contributed by atoms with Crippen LogP contribution in [0, 0.1) is 5.92 Å². The molecule has 29 heavy (non-hydrogen) atoms.